The van der Waals surface area contributed by atoms with E-state index in [1.165, 1.54) is 11.0 Å². The molecule has 0 spiro atoms. The van der Waals surface area contributed by atoms with Crippen LogP contribution in [0.5, 0.6) is 11.5 Å². The molecule has 0 fully saturated rings. The molecule has 1 heterocycles. The first-order valence-electron chi connectivity index (χ1n) is 5.71. The van der Waals surface area contributed by atoms with E-state index in [9.17, 15) is 0 Å². The molecule has 0 bridgehead atoms. The summed E-state index contributed by atoms with van der Waals surface area (Å²) in [6, 6.07) is 16.6. The van der Waals surface area contributed by atoms with Crippen molar-refractivity contribution in [3.05, 3.63) is 54.1 Å². The molecule has 0 saturated carbocycles. The smallest absolute Gasteiger partial charge is 0.324 e. The largest absolute Gasteiger partial charge is 0.483 e. The van der Waals surface area contributed by atoms with Crippen LogP contribution in [0, 0.1) is 6.07 Å². The fourth-order valence-electron chi connectivity index (χ4n) is 2.05. The summed E-state index contributed by atoms with van der Waals surface area (Å²) in [5.41, 5.74) is 2.48. The fraction of sp³-hybridized carbons (Fsp3) is 0.143. The first-order valence-corrected chi connectivity index (χ1v) is 5.71. The Bertz CT molecular complexity index is 531. The van der Waals surface area contributed by atoms with E-state index in [0.29, 0.717) is 6.61 Å². The number of hydrogen-bond donors (Lipinski definition) is 0. The summed E-state index contributed by atoms with van der Waals surface area (Å²) in [6.45, 7) is 2.95. The maximum Gasteiger partial charge on any atom is 0.324 e. The second kappa shape index (κ2) is 5.71. The van der Waals surface area contributed by atoms with Crippen molar-refractivity contribution in [2.24, 2.45) is 0 Å². The van der Waals surface area contributed by atoms with E-state index in [4.69, 9.17) is 9.39 Å². The van der Waals surface area contributed by atoms with Crippen LogP contribution in [-0.2, 0) is 31.7 Å². The Morgan fingerprint density at radius 1 is 1.17 bits per heavy atom. The number of fused-ring (bicyclic) bond motifs is 1. The number of ether oxygens (including phenoxy) is 1. The summed E-state index contributed by atoms with van der Waals surface area (Å²) < 4.78 is 11.3. The summed E-state index contributed by atoms with van der Waals surface area (Å²) in [7, 11) is 0. The average molecular weight is 409 g/mol. The summed E-state index contributed by atoms with van der Waals surface area (Å²) in [5, 5.41) is 0. The van der Waals surface area contributed by atoms with Gasteiger partial charge in [-0.25, -0.2) is 0 Å². The second-order valence-corrected chi connectivity index (χ2v) is 4.15. The molecule has 0 aliphatic carbocycles. The van der Waals surface area contributed by atoms with E-state index in [2.05, 4.69) is 25.0 Å². The maximum absolute atomic E-state index is 5.76. The molecular weight excluding hydrogens is 397 g/mol. The molecule has 1 radical (unpaired) electrons. The molecule has 3 rings (SSSR count). The first-order chi connectivity index (χ1) is 8.33. The van der Waals surface area contributed by atoms with Crippen molar-refractivity contribution < 1.29 is 29.8 Å². The van der Waals surface area contributed by atoms with E-state index >= 15 is 0 Å². The third kappa shape index (κ3) is 2.67. The summed E-state index contributed by atoms with van der Waals surface area (Å²) in [4.78, 5) is 0. The molecule has 0 unspecified atom stereocenters. The molecule has 0 amide bonds. The summed E-state index contributed by atoms with van der Waals surface area (Å²) in [5.74, 6) is 1.68. The number of hydrogen-bond acceptors (Lipinski definition) is 2. The van der Waals surface area contributed by atoms with Gasteiger partial charge in [0.15, 0.2) is 0 Å². The first kappa shape index (κ1) is 13.4. The zero-order valence-corrected chi connectivity index (χ0v) is 12.7. The topological polar surface area (TPSA) is 18.5 Å². The molecular formula is C14H12BO2Re-. The van der Waals surface area contributed by atoms with E-state index in [1.54, 1.807) is 0 Å². The van der Waals surface area contributed by atoms with Crippen LogP contribution in [0.15, 0.2) is 42.5 Å². The van der Waals surface area contributed by atoms with Crippen molar-refractivity contribution in [2.45, 2.75) is 13.4 Å². The van der Waals surface area contributed by atoms with Gasteiger partial charge in [-0.05, 0) is 23.2 Å². The van der Waals surface area contributed by atoms with E-state index in [0.717, 1.165) is 11.5 Å². The van der Waals surface area contributed by atoms with Gasteiger partial charge in [-0.3, -0.25) is 0 Å². The van der Waals surface area contributed by atoms with Crippen molar-refractivity contribution >= 4 is 12.4 Å². The number of benzene rings is 2. The second-order valence-electron chi connectivity index (χ2n) is 4.15. The summed E-state index contributed by atoms with van der Waals surface area (Å²) >= 11 is 0. The molecule has 2 aromatic carbocycles. The normalized spacial score (nSPS) is 12.8. The van der Waals surface area contributed by atoms with Gasteiger partial charge in [-0.2, -0.15) is 18.2 Å². The van der Waals surface area contributed by atoms with Crippen LogP contribution in [0.3, 0.4) is 0 Å². The Balaban J connectivity index is 0.00000120. The van der Waals surface area contributed by atoms with Crippen LogP contribution in [0.25, 0.3) is 0 Å². The standard InChI is InChI=1S/C14H12BO2.Re/c1-15-14-8-7-13(9-11(14)10-16-15)17-12-5-3-2-4-6-12;/h3-9H,10H2,1H3;/q-1;. The molecule has 0 aromatic heterocycles. The van der Waals surface area contributed by atoms with Gasteiger partial charge in [0, 0.05) is 26.2 Å². The van der Waals surface area contributed by atoms with Crippen molar-refractivity contribution in [2.75, 3.05) is 0 Å². The molecule has 18 heavy (non-hydrogen) atoms. The molecule has 0 saturated heterocycles. The van der Waals surface area contributed by atoms with Gasteiger partial charge in [-0.1, -0.05) is 12.9 Å². The average Bonchev–Trinajstić information content (AvgIpc) is 2.72. The Morgan fingerprint density at radius 3 is 2.72 bits per heavy atom. The van der Waals surface area contributed by atoms with Gasteiger partial charge in [0.05, 0.1) is 6.61 Å². The van der Waals surface area contributed by atoms with E-state index in [1.807, 2.05) is 30.3 Å². The molecule has 1 aliphatic heterocycles. The van der Waals surface area contributed by atoms with Crippen LogP contribution < -0.4 is 10.2 Å². The molecule has 0 N–H and O–H groups in total. The van der Waals surface area contributed by atoms with Crippen molar-refractivity contribution in [3.8, 4) is 11.5 Å². The summed E-state index contributed by atoms with van der Waals surface area (Å²) in [6.07, 6.45) is 0. The molecule has 2 aromatic rings. The fourth-order valence-corrected chi connectivity index (χ4v) is 2.05. The number of rotatable bonds is 2. The van der Waals surface area contributed by atoms with E-state index < -0.39 is 0 Å². The minimum Gasteiger partial charge on any atom is -0.483 e. The Hall–Kier alpha value is -1.07. The molecule has 91 valence electrons. The minimum atomic E-state index is 0. The molecule has 2 nitrogen and oxygen atoms in total. The molecule has 1 aliphatic rings. The Labute approximate surface area is 121 Å². The van der Waals surface area contributed by atoms with Crippen molar-refractivity contribution in [3.63, 3.8) is 0 Å². The zero-order chi connectivity index (χ0) is 11.7. The third-order valence-corrected chi connectivity index (χ3v) is 2.96. The van der Waals surface area contributed by atoms with Crippen LogP contribution in [0.4, 0.5) is 0 Å². The SMILES string of the molecule is CB1OCc2cc(Oc3cc[c-]cc3)ccc21.[Re]. The predicted molar refractivity (Wildman–Crippen MR) is 67.8 cm³/mol. The minimum absolute atomic E-state index is 0. The third-order valence-electron chi connectivity index (χ3n) is 2.96. The van der Waals surface area contributed by atoms with E-state index in [-0.39, 0.29) is 27.3 Å². The molecule has 0 atom stereocenters. The van der Waals surface area contributed by atoms with Crippen LogP contribution >= 0.6 is 0 Å². The Kier molecular flexibility index (Phi) is 4.24. The van der Waals surface area contributed by atoms with Gasteiger partial charge in [0.1, 0.15) is 5.75 Å². The van der Waals surface area contributed by atoms with Crippen LogP contribution in [0.2, 0.25) is 6.82 Å². The van der Waals surface area contributed by atoms with Crippen molar-refractivity contribution in [1.82, 2.24) is 0 Å². The maximum atomic E-state index is 5.76. The van der Waals surface area contributed by atoms with Gasteiger partial charge in [0.2, 0.25) is 0 Å². The predicted octanol–water partition coefficient (Wildman–Crippen LogP) is 2.64. The van der Waals surface area contributed by atoms with Crippen LogP contribution in [-0.4, -0.2) is 6.92 Å². The van der Waals surface area contributed by atoms with Crippen LogP contribution in [0.1, 0.15) is 5.56 Å². The zero-order valence-electron chi connectivity index (χ0n) is 10.0. The Morgan fingerprint density at radius 2 is 1.94 bits per heavy atom. The quantitative estimate of drug-likeness (QED) is 0.561. The van der Waals surface area contributed by atoms with Gasteiger partial charge in [-0.15, -0.1) is 12.1 Å². The van der Waals surface area contributed by atoms with Gasteiger partial charge < -0.3 is 9.39 Å². The van der Waals surface area contributed by atoms with Gasteiger partial charge in [0.25, 0.3) is 0 Å². The molecule has 4 heteroatoms. The van der Waals surface area contributed by atoms with Gasteiger partial charge >= 0.3 is 6.92 Å². The monoisotopic (exact) mass is 410 g/mol. The van der Waals surface area contributed by atoms with Crippen molar-refractivity contribution in [1.29, 1.82) is 0 Å².